The Morgan fingerprint density at radius 1 is 1.54 bits per heavy atom. The van der Waals surface area contributed by atoms with Gasteiger partial charge in [0.15, 0.2) is 0 Å². The Morgan fingerprint density at radius 2 is 2.23 bits per heavy atom. The minimum atomic E-state index is -0.243. The fraction of sp³-hybridized carbons (Fsp3) is 0.556. The molecular formula is C9H16ClNO2. The molecule has 0 aliphatic heterocycles. The summed E-state index contributed by atoms with van der Waals surface area (Å²) < 4.78 is 5.13. The molecule has 1 heterocycles. The molecule has 2 N–H and O–H groups in total. The Hall–Kier alpha value is -0.510. The van der Waals surface area contributed by atoms with Gasteiger partial charge in [-0.3, -0.25) is 0 Å². The highest BCUT2D eigenvalue weighted by molar-refractivity contribution is 5.85. The van der Waals surface area contributed by atoms with Crippen LogP contribution in [-0.4, -0.2) is 17.3 Å². The highest BCUT2D eigenvalue weighted by atomic mass is 35.5. The van der Waals surface area contributed by atoms with Crippen molar-refractivity contribution in [2.24, 2.45) is 0 Å². The third-order valence-electron chi connectivity index (χ3n) is 1.72. The van der Waals surface area contributed by atoms with Crippen LogP contribution >= 0.6 is 12.4 Å². The molecule has 0 saturated carbocycles. The maximum absolute atomic E-state index is 8.93. The average Bonchev–Trinajstić information content (AvgIpc) is 2.53. The quantitative estimate of drug-likeness (QED) is 0.785. The van der Waals surface area contributed by atoms with Crippen LogP contribution in [0.15, 0.2) is 22.8 Å². The van der Waals surface area contributed by atoms with Gasteiger partial charge in [0.05, 0.1) is 19.4 Å². The van der Waals surface area contributed by atoms with Crippen molar-refractivity contribution in [2.75, 3.05) is 6.61 Å². The van der Waals surface area contributed by atoms with Crippen molar-refractivity contribution < 1.29 is 9.52 Å². The first-order valence-electron chi connectivity index (χ1n) is 4.02. The maximum Gasteiger partial charge on any atom is 0.117 e. The van der Waals surface area contributed by atoms with E-state index in [0.717, 1.165) is 5.76 Å². The van der Waals surface area contributed by atoms with Gasteiger partial charge < -0.3 is 14.8 Å². The molecule has 0 bridgehead atoms. The summed E-state index contributed by atoms with van der Waals surface area (Å²) in [5, 5.41) is 12.1. The molecule has 1 aromatic rings. The highest BCUT2D eigenvalue weighted by Crippen LogP contribution is 2.04. The van der Waals surface area contributed by atoms with E-state index in [-0.39, 0.29) is 24.6 Å². The molecule has 1 rings (SSSR count). The van der Waals surface area contributed by atoms with Crippen LogP contribution in [0.25, 0.3) is 0 Å². The SMILES string of the molecule is CC(C)(CO)NCc1ccco1.Cl. The lowest BCUT2D eigenvalue weighted by molar-refractivity contribution is 0.184. The lowest BCUT2D eigenvalue weighted by Gasteiger charge is -2.22. The predicted octanol–water partition coefficient (Wildman–Crippen LogP) is 1.56. The number of furan rings is 1. The fourth-order valence-electron chi connectivity index (χ4n) is 0.795. The van der Waals surface area contributed by atoms with Crippen molar-refractivity contribution >= 4 is 12.4 Å². The Labute approximate surface area is 84.5 Å². The van der Waals surface area contributed by atoms with Crippen LogP contribution in [-0.2, 0) is 6.54 Å². The van der Waals surface area contributed by atoms with Crippen molar-refractivity contribution in [3.05, 3.63) is 24.2 Å². The first kappa shape index (κ1) is 12.5. The fourth-order valence-corrected chi connectivity index (χ4v) is 0.795. The molecule has 4 heteroatoms. The van der Waals surface area contributed by atoms with Gasteiger partial charge >= 0.3 is 0 Å². The monoisotopic (exact) mass is 205 g/mol. The molecule has 13 heavy (non-hydrogen) atoms. The number of hydrogen-bond donors (Lipinski definition) is 2. The summed E-state index contributed by atoms with van der Waals surface area (Å²) in [5.41, 5.74) is -0.243. The number of hydrogen-bond acceptors (Lipinski definition) is 3. The molecule has 76 valence electrons. The first-order valence-corrected chi connectivity index (χ1v) is 4.02. The Bertz CT molecular complexity index is 222. The van der Waals surface area contributed by atoms with Crippen molar-refractivity contribution in [1.82, 2.24) is 5.32 Å². The molecule has 0 aromatic carbocycles. The van der Waals surface area contributed by atoms with E-state index in [2.05, 4.69) is 5.32 Å². The van der Waals surface area contributed by atoms with E-state index >= 15 is 0 Å². The van der Waals surface area contributed by atoms with E-state index in [9.17, 15) is 0 Å². The first-order chi connectivity index (χ1) is 5.64. The second-order valence-electron chi connectivity index (χ2n) is 3.47. The van der Waals surface area contributed by atoms with Crippen molar-refractivity contribution in [3.63, 3.8) is 0 Å². The van der Waals surface area contributed by atoms with Crippen LogP contribution in [0.1, 0.15) is 19.6 Å². The number of aliphatic hydroxyl groups excluding tert-OH is 1. The zero-order valence-corrected chi connectivity index (χ0v) is 8.73. The third-order valence-corrected chi connectivity index (χ3v) is 1.72. The summed E-state index contributed by atoms with van der Waals surface area (Å²) in [5.74, 6) is 0.886. The van der Waals surface area contributed by atoms with Crippen molar-refractivity contribution in [3.8, 4) is 0 Å². The van der Waals surface area contributed by atoms with Crippen molar-refractivity contribution in [1.29, 1.82) is 0 Å². The normalized spacial score (nSPS) is 11.0. The summed E-state index contributed by atoms with van der Waals surface area (Å²) in [4.78, 5) is 0. The van der Waals surface area contributed by atoms with Crippen molar-refractivity contribution in [2.45, 2.75) is 25.9 Å². The van der Waals surface area contributed by atoms with Gasteiger partial charge in [0.2, 0.25) is 0 Å². The summed E-state index contributed by atoms with van der Waals surface area (Å²) in [7, 11) is 0. The Kier molecular flexibility index (Phi) is 5.06. The van der Waals surface area contributed by atoms with Gasteiger partial charge in [-0.2, -0.15) is 0 Å². The van der Waals surface area contributed by atoms with E-state index in [1.165, 1.54) is 0 Å². The number of rotatable bonds is 4. The van der Waals surface area contributed by atoms with Gasteiger partial charge in [-0.05, 0) is 26.0 Å². The highest BCUT2D eigenvalue weighted by Gasteiger charge is 2.14. The molecule has 0 aliphatic carbocycles. The summed E-state index contributed by atoms with van der Waals surface area (Å²) >= 11 is 0. The lowest BCUT2D eigenvalue weighted by Crippen LogP contribution is -2.41. The topological polar surface area (TPSA) is 45.4 Å². The van der Waals surface area contributed by atoms with Gasteiger partial charge in [-0.15, -0.1) is 12.4 Å². The average molecular weight is 206 g/mol. The minimum absolute atomic E-state index is 0. The summed E-state index contributed by atoms with van der Waals surface area (Å²) in [6.07, 6.45) is 1.64. The third kappa shape index (κ3) is 4.31. The molecule has 0 aliphatic rings. The number of aliphatic hydroxyl groups is 1. The molecule has 0 atom stereocenters. The standard InChI is InChI=1S/C9H15NO2.ClH/c1-9(2,7-11)10-6-8-4-3-5-12-8;/h3-5,10-11H,6-7H2,1-2H3;1H. The van der Waals surface area contributed by atoms with E-state index in [1.54, 1.807) is 6.26 Å². The second kappa shape index (κ2) is 5.27. The van der Waals surface area contributed by atoms with E-state index in [4.69, 9.17) is 9.52 Å². The van der Waals surface area contributed by atoms with Gasteiger partial charge in [0, 0.05) is 5.54 Å². The van der Waals surface area contributed by atoms with Gasteiger partial charge in [-0.25, -0.2) is 0 Å². The summed E-state index contributed by atoms with van der Waals surface area (Å²) in [6.45, 7) is 4.65. The molecule has 0 radical (unpaired) electrons. The lowest BCUT2D eigenvalue weighted by atomic mass is 10.1. The van der Waals surface area contributed by atoms with Crippen LogP contribution < -0.4 is 5.32 Å². The number of nitrogens with one attached hydrogen (secondary N) is 1. The Balaban J connectivity index is 0.00000144. The van der Waals surface area contributed by atoms with Gasteiger partial charge in [0.25, 0.3) is 0 Å². The van der Waals surface area contributed by atoms with Gasteiger partial charge in [-0.1, -0.05) is 0 Å². The van der Waals surface area contributed by atoms with Crippen LogP contribution in [0.3, 0.4) is 0 Å². The minimum Gasteiger partial charge on any atom is -0.468 e. The van der Waals surface area contributed by atoms with E-state index in [1.807, 2.05) is 26.0 Å². The molecular weight excluding hydrogens is 190 g/mol. The molecule has 0 saturated heterocycles. The Morgan fingerprint density at radius 3 is 2.69 bits per heavy atom. The van der Waals surface area contributed by atoms with Crippen LogP contribution in [0.4, 0.5) is 0 Å². The smallest absolute Gasteiger partial charge is 0.117 e. The molecule has 3 nitrogen and oxygen atoms in total. The molecule has 1 aromatic heterocycles. The van der Waals surface area contributed by atoms with Crippen LogP contribution in [0, 0.1) is 0 Å². The number of halogens is 1. The van der Waals surface area contributed by atoms with E-state index < -0.39 is 0 Å². The second-order valence-corrected chi connectivity index (χ2v) is 3.47. The molecule has 0 amide bonds. The van der Waals surface area contributed by atoms with Crippen LogP contribution in [0.5, 0.6) is 0 Å². The molecule has 0 spiro atoms. The zero-order chi connectivity index (χ0) is 9.03. The molecule has 0 fully saturated rings. The van der Waals surface area contributed by atoms with E-state index in [0.29, 0.717) is 6.54 Å². The van der Waals surface area contributed by atoms with Gasteiger partial charge in [0.1, 0.15) is 5.76 Å². The largest absolute Gasteiger partial charge is 0.468 e. The zero-order valence-electron chi connectivity index (χ0n) is 7.91. The maximum atomic E-state index is 8.93. The van der Waals surface area contributed by atoms with Crippen LogP contribution in [0.2, 0.25) is 0 Å². The predicted molar refractivity (Wildman–Crippen MR) is 54.0 cm³/mol. The summed E-state index contributed by atoms with van der Waals surface area (Å²) in [6, 6.07) is 3.75. The molecule has 0 unspecified atom stereocenters.